The summed E-state index contributed by atoms with van der Waals surface area (Å²) < 4.78 is 0. The van der Waals surface area contributed by atoms with Gasteiger partial charge in [-0.3, -0.25) is 0 Å². The van der Waals surface area contributed by atoms with Crippen LogP contribution in [0, 0.1) is 11.8 Å². The van der Waals surface area contributed by atoms with Gasteiger partial charge in [-0.2, -0.15) is 0 Å². The normalized spacial score (nSPS) is 33.2. The molecule has 1 aliphatic heterocycles. The van der Waals surface area contributed by atoms with Gasteiger partial charge < -0.3 is 5.32 Å². The van der Waals surface area contributed by atoms with E-state index in [1.807, 2.05) is 0 Å². The van der Waals surface area contributed by atoms with Crippen molar-refractivity contribution in [3.63, 3.8) is 0 Å². The topological polar surface area (TPSA) is 12.0 Å². The minimum atomic E-state index is 0.685. The molecular formula is C9H17N. The molecule has 0 saturated heterocycles. The largest absolute Gasteiger partial charge is 0.310 e. The Morgan fingerprint density at radius 1 is 1.50 bits per heavy atom. The minimum Gasteiger partial charge on any atom is -0.310 e. The molecule has 0 fully saturated rings. The fourth-order valence-corrected chi connectivity index (χ4v) is 1.64. The lowest BCUT2D eigenvalue weighted by atomic mass is 9.90. The van der Waals surface area contributed by atoms with Crippen molar-refractivity contribution in [2.75, 3.05) is 6.54 Å². The van der Waals surface area contributed by atoms with Gasteiger partial charge in [-0.25, -0.2) is 0 Å². The van der Waals surface area contributed by atoms with E-state index in [0.717, 1.165) is 12.5 Å². The fourth-order valence-electron chi connectivity index (χ4n) is 1.64. The lowest BCUT2D eigenvalue weighted by molar-refractivity contribution is 0.336. The zero-order chi connectivity index (χ0) is 7.56. The minimum absolute atomic E-state index is 0.685. The van der Waals surface area contributed by atoms with Gasteiger partial charge in [0.05, 0.1) is 0 Å². The molecule has 0 aromatic rings. The van der Waals surface area contributed by atoms with E-state index >= 15 is 0 Å². The molecule has 1 heterocycles. The zero-order valence-electron chi connectivity index (χ0n) is 7.09. The van der Waals surface area contributed by atoms with E-state index in [2.05, 4.69) is 38.2 Å². The number of nitrogens with one attached hydrogen (secondary N) is 1. The van der Waals surface area contributed by atoms with Crippen LogP contribution < -0.4 is 5.32 Å². The molecule has 0 spiro atoms. The monoisotopic (exact) mass is 139 g/mol. The highest BCUT2D eigenvalue weighted by Crippen LogP contribution is 2.15. The summed E-state index contributed by atoms with van der Waals surface area (Å²) in [6, 6.07) is 0.685. The van der Waals surface area contributed by atoms with E-state index in [-0.39, 0.29) is 0 Å². The third-order valence-electron chi connectivity index (χ3n) is 2.20. The smallest absolute Gasteiger partial charge is 0.0153 e. The van der Waals surface area contributed by atoms with Gasteiger partial charge in [0.25, 0.3) is 0 Å². The van der Waals surface area contributed by atoms with Crippen molar-refractivity contribution in [3.8, 4) is 0 Å². The Balaban J connectivity index is 2.52. The molecule has 0 saturated carbocycles. The van der Waals surface area contributed by atoms with E-state index in [4.69, 9.17) is 0 Å². The number of hydrogen-bond donors (Lipinski definition) is 1. The zero-order valence-corrected chi connectivity index (χ0v) is 7.09. The molecule has 1 nitrogen and oxygen atoms in total. The average molecular weight is 139 g/mol. The average Bonchev–Trinajstić information content (AvgIpc) is 1.88. The second kappa shape index (κ2) is 3.20. The van der Waals surface area contributed by atoms with Gasteiger partial charge in [-0.05, 0) is 11.8 Å². The first-order valence-corrected chi connectivity index (χ1v) is 4.12. The van der Waals surface area contributed by atoms with Gasteiger partial charge >= 0.3 is 0 Å². The second-order valence-electron chi connectivity index (χ2n) is 3.47. The lowest BCUT2D eigenvalue weighted by Gasteiger charge is -2.29. The number of hydrogen-bond acceptors (Lipinski definition) is 1. The van der Waals surface area contributed by atoms with Crippen LogP contribution in [0.1, 0.15) is 20.8 Å². The first-order valence-electron chi connectivity index (χ1n) is 4.12. The van der Waals surface area contributed by atoms with Crippen LogP contribution in [-0.2, 0) is 0 Å². The Kier molecular flexibility index (Phi) is 2.50. The van der Waals surface area contributed by atoms with Crippen molar-refractivity contribution in [2.24, 2.45) is 11.8 Å². The molecule has 0 aromatic carbocycles. The lowest BCUT2D eigenvalue weighted by Crippen LogP contribution is -2.41. The summed E-state index contributed by atoms with van der Waals surface area (Å²) in [5.74, 6) is 1.45. The van der Waals surface area contributed by atoms with Gasteiger partial charge in [0, 0.05) is 12.6 Å². The highest BCUT2D eigenvalue weighted by Gasteiger charge is 2.19. The Morgan fingerprint density at radius 3 is 2.60 bits per heavy atom. The molecule has 0 amide bonds. The van der Waals surface area contributed by atoms with E-state index < -0.39 is 0 Å². The van der Waals surface area contributed by atoms with Crippen LogP contribution in [0.2, 0.25) is 0 Å². The van der Waals surface area contributed by atoms with E-state index in [0.29, 0.717) is 12.0 Å². The van der Waals surface area contributed by atoms with E-state index in [9.17, 15) is 0 Å². The predicted molar refractivity (Wildman–Crippen MR) is 44.9 cm³/mol. The van der Waals surface area contributed by atoms with Gasteiger partial charge in [-0.15, -0.1) is 0 Å². The summed E-state index contributed by atoms with van der Waals surface area (Å²) in [6.07, 6.45) is 4.52. The summed E-state index contributed by atoms with van der Waals surface area (Å²) >= 11 is 0. The Hall–Kier alpha value is -0.300. The SMILES string of the molecule is CC(C)C1NCC=CC1C. The molecule has 0 radical (unpaired) electrons. The summed E-state index contributed by atoms with van der Waals surface area (Å²) in [7, 11) is 0. The van der Waals surface area contributed by atoms with Crippen LogP contribution in [0.5, 0.6) is 0 Å². The molecule has 0 aliphatic carbocycles. The Bertz CT molecular complexity index is 127. The van der Waals surface area contributed by atoms with Crippen LogP contribution in [-0.4, -0.2) is 12.6 Å². The molecule has 2 atom stereocenters. The van der Waals surface area contributed by atoms with Gasteiger partial charge in [0.2, 0.25) is 0 Å². The number of rotatable bonds is 1. The van der Waals surface area contributed by atoms with Crippen molar-refractivity contribution in [3.05, 3.63) is 12.2 Å². The van der Waals surface area contributed by atoms with Crippen LogP contribution in [0.3, 0.4) is 0 Å². The first kappa shape index (κ1) is 7.80. The van der Waals surface area contributed by atoms with Crippen molar-refractivity contribution >= 4 is 0 Å². The predicted octanol–water partition coefficient (Wildman–Crippen LogP) is 1.81. The van der Waals surface area contributed by atoms with Gasteiger partial charge in [0.1, 0.15) is 0 Å². The maximum Gasteiger partial charge on any atom is 0.0153 e. The molecule has 2 unspecified atom stereocenters. The molecule has 58 valence electrons. The van der Waals surface area contributed by atoms with Crippen LogP contribution in [0.15, 0.2) is 12.2 Å². The Morgan fingerprint density at radius 2 is 2.20 bits per heavy atom. The highest BCUT2D eigenvalue weighted by molar-refractivity contribution is 4.99. The maximum absolute atomic E-state index is 3.48. The Labute approximate surface area is 63.5 Å². The molecule has 1 aliphatic rings. The molecule has 10 heavy (non-hydrogen) atoms. The van der Waals surface area contributed by atoms with E-state index in [1.54, 1.807) is 0 Å². The van der Waals surface area contributed by atoms with Crippen molar-refractivity contribution in [1.29, 1.82) is 0 Å². The first-order chi connectivity index (χ1) is 4.72. The summed E-state index contributed by atoms with van der Waals surface area (Å²) in [5, 5.41) is 3.48. The third kappa shape index (κ3) is 1.60. The van der Waals surface area contributed by atoms with Crippen LogP contribution in [0.4, 0.5) is 0 Å². The second-order valence-corrected chi connectivity index (χ2v) is 3.47. The molecule has 1 heteroatoms. The van der Waals surface area contributed by atoms with E-state index in [1.165, 1.54) is 0 Å². The van der Waals surface area contributed by atoms with Crippen molar-refractivity contribution < 1.29 is 0 Å². The molecule has 1 rings (SSSR count). The van der Waals surface area contributed by atoms with Gasteiger partial charge in [0.15, 0.2) is 0 Å². The van der Waals surface area contributed by atoms with Crippen molar-refractivity contribution in [1.82, 2.24) is 5.32 Å². The van der Waals surface area contributed by atoms with Crippen LogP contribution in [0.25, 0.3) is 0 Å². The van der Waals surface area contributed by atoms with Crippen molar-refractivity contribution in [2.45, 2.75) is 26.8 Å². The molecule has 0 aromatic heterocycles. The quantitative estimate of drug-likeness (QED) is 0.546. The standard InChI is InChI=1S/C9H17N/c1-7(2)9-8(3)5-4-6-10-9/h4-5,7-10H,6H2,1-3H3. The molecule has 1 N–H and O–H groups in total. The summed E-state index contributed by atoms with van der Waals surface area (Å²) in [5.41, 5.74) is 0. The third-order valence-corrected chi connectivity index (χ3v) is 2.20. The van der Waals surface area contributed by atoms with Crippen LogP contribution >= 0.6 is 0 Å². The maximum atomic E-state index is 3.48. The highest BCUT2D eigenvalue weighted by atomic mass is 14.9. The molecule has 0 bridgehead atoms. The fraction of sp³-hybridized carbons (Fsp3) is 0.778. The summed E-state index contributed by atoms with van der Waals surface area (Å²) in [6.45, 7) is 7.86. The molecular weight excluding hydrogens is 122 g/mol. The van der Waals surface area contributed by atoms with Gasteiger partial charge in [-0.1, -0.05) is 32.9 Å². The summed E-state index contributed by atoms with van der Waals surface area (Å²) in [4.78, 5) is 0.